The molecule has 4 N–H and O–H groups in total. The fourth-order valence-electron chi connectivity index (χ4n) is 5.19. The van der Waals surface area contributed by atoms with E-state index < -0.39 is 0 Å². The average Bonchev–Trinajstić information content (AvgIpc) is 2.83. The van der Waals surface area contributed by atoms with E-state index in [2.05, 4.69) is 31.6 Å². The third-order valence-corrected chi connectivity index (χ3v) is 8.00. The molecule has 1 aromatic carbocycles. The lowest BCUT2D eigenvalue weighted by Gasteiger charge is -2.46. The van der Waals surface area contributed by atoms with Gasteiger partial charge >= 0.3 is 0 Å². The summed E-state index contributed by atoms with van der Waals surface area (Å²) < 4.78 is 21.5. The van der Waals surface area contributed by atoms with Crippen molar-refractivity contribution in [2.75, 3.05) is 56.7 Å². The Labute approximate surface area is 210 Å². The highest BCUT2D eigenvalue weighted by atomic mass is 32.2. The van der Waals surface area contributed by atoms with Crippen molar-refractivity contribution < 1.29 is 14.2 Å². The number of nitrogens with one attached hydrogen (secondary N) is 1. The van der Waals surface area contributed by atoms with Crippen molar-refractivity contribution in [1.82, 2.24) is 9.29 Å². The molecule has 2 saturated heterocycles. The number of nitrogens with zero attached hydrogens (tertiary/aromatic N) is 3. The third kappa shape index (κ3) is 5.24. The van der Waals surface area contributed by atoms with E-state index >= 15 is 0 Å². The topological polar surface area (TPSA) is 86.9 Å². The summed E-state index contributed by atoms with van der Waals surface area (Å²) >= 11 is 1.73. The molecule has 0 bridgehead atoms. The number of anilines is 2. The number of ether oxygens (including phenoxy) is 1. The maximum atomic E-state index is 13.3. The highest BCUT2D eigenvalue weighted by Crippen LogP contribution is 2.47. The lowest BCUT2D eigenvalue weighted by molar-refractivity contribution is 0.0744. The van der Waals surface area contributed by atoms with Crippen molar-refractivity contribution in [2.24, 2.45) is 11.1 Å². The van der Waals surface area contributed by atoms with Gasteiger partial charge in [0.25, 0.3) is 0 Å². The third-order valence-electron chi connectivity index (χ3n) is 6.99. The van der Waals surface area contributed by atoms with Gasteiger partial charge in [0.15, 0.2) is 0 Å². The van der Waals surface area contributed by atoms with Crippen LogP contribution in [0.3, 0.4) is 0 Å². The Kier molecular flexibility index (Phi) is 7.13. The number of aliphatic hydroxyl groups excluding tert-OH is 1. The number of hydrogen-bond acceptors (Lipinski definition) is 8. The van der Waals surface area contributed by atoms with Crippen LogP contribution in [0.5, 0.6) is 0 Å². The molecule has 0 amide bonds. The highest BCUT2D eigenvalue weighted by Gasteiger charge is 2.43. The molecule has 0 saturated carbocycles. The Morgan fingerprint density at radius 3 is 2.80 bits per heavy atom. The SMILES string of the molecule is COCC12CC(CN)=C(Nc3ccc(F)cc3)C=C1CCN(Sc1cncc(N3CC(O)C3)c1)C2. The number of aromatic nitrogens is 1. The van der Waals surface area contributed by atoms with Crippen molar-refractivity contribution in [2.45, 2.75) is 23.8 Å². The zero-order chi connectivity index (χ0) is 24.4. The molecule has 3 aliphatic rings. The zero-order valence-electron chi connectivity index (χ0n) is 19.9. The standard InChI is InChI=1S/C26H32FN5O2S/c1-34-17-26-10-18(11-28)25(30-21-4-2-20(27)3-5-21)8-19(26)6-7-32(16-26)35-24-9-22(12-29-13-24)31-14-23(33)15-31/h2-5,8-9,12-13,23,30,33H,6-7,10-11,14-17,28H2,1H3. The minimum atomic E-state index is -0.252. The number of fused-ring (bicyclic) bond motifs is 1. The Hall–Kier alpha value is -2.43. The summed E-state index contributed by atoms with van der Waals surface area (Å²) in [5.41, 5.74) is 11.5. The summed E-state index contributed by atoms with van der Waals surface area (Å²) in [6, 6.07) is 8.55. The van der Waals surface area contributed by atoms with E-state index in [0.717, 1.165) is 53.5 Å². The van der Waals surface area contributed by atoms with E-state index in [0.29, 0.717) is 26.2 Å². The van der Waals surface area contributed by atoms with E-state index in [1.54, 1.807) is 31.2 Å². The monoisotopic (exact) mass is 497 g/mol. The summed E-state index contributed by atoms with van der Waals surface area (Å²) in [5, 5.41) is 13.1. The van der Waals surface area contributed by atoms with Crippen molar-refractivity contribution in [3.8, 4) is 0 Å². The van der Waals surface area contributed by atoms with Gasteiger partial charge in [-0.3, -0.25) is 4.98 Å². The molecule has 2 aromatic rings. The number of benzene rings is 1. The molecule has 35 heavy (non-hydrogen) atoms. The first-order chi connectivity index (χ1) is 17.0. The summed E-state index contributed by atoms with van der Waals surface area (Å²) in [6.07, 6.45) is 7.48. The number of nitrogens with two attached hydrogens (primary N) is 1. The minimum Gasteiger partial charge on any atom is -0.389 e. The second-order valence-corrected chi connectivity index (χ2v) is 10.7. The van der Waals surface area contributed by atoms with Gasteiger partial charge in [-0.2, -0.15) is 0 Å². The maximum Gasteiger partial charge on any atom is 0.123 e. The summed E-state index contributed by atoms with van der Waals surface area (Å²) in [6.45, 7) is 4.14. The van der Waals surface area contributed by atoms with Crippen LogP contribution in [0, 0.1) is 11.2 Å². The number of aliphatic hydroxyl groups is 1. The van der Waals surface area contributed by atoms with Crippen LogP contribution < -0.4 is 16.0 Å². The molecule has 7 nitrogen and oxygen atoms in total. The Balaban J connectivity index is 1.33. The van der Waals surface area contributed by atoms with E-state index in [9.17, 15) is 9.50 Å². The number of allylic oxidation sites excluding steroid dienone is 1. The van der Waals surface area contributed by atoms with Crippen molar-refractivity contribution in [3.05, 3.63) is 71.5 Å². The Morgan fingerprint density at radius 1 is 1.29 bits per heavy atom. The predicted octanol–water partition coefficient (Wildman–Crippen LogP) is 3.40. The maximum absolute atomic E-state index is 13.3. The van der Waals surface area contributed by atoms with Crippen LogP contribution in [0.2, 0.25) is 0 Å². The van der Waals surface area contributed by atoms with Gasteiger partial charge in [-0.15, -0.1) is 0 Å². The van der Waals surface area contributed by atoms with E-state index in [4.69, 9.17) is 10.5 Å². The van der Waals surface area contributed by atoms with Crippen molar-refractivity contribution in [1.29, 1.82) is 0 Å². The molecule has 1 aliphatic carbocycles. The van der Waals surface area contributed by atoms with Gasteiger partial charge < -0.3 is 25.8 Å². The second kappa shape index (κ2) is 10.3. The minimum absolute atomic E-state index is 0.144. The number of β-amino-alcohol motifs (C(OH)–C–C–N with tert-alkyl or cyclic N) is 1. The first kappa shape index (κ1) is 24.3. The van der Waals surface area contributed by atoms with Crippen molar-refractivity contribution in [3.63, 3.8) is 0 Å². The number of rotatable bonds is 8. The molecule has 2 aliphatic heterocycles. The van der Waals surface area contributed by atoms with Gasteiger partial charge in [-0.1, -0.05) is 5.57 Å². The summed E-state index contributed by atoms with van der Waals surface area (Å²) in [4.78, 5) is 7.66. The van der Waals surface area contributed by atoms with Gasteiger partial charge in [0.2, 0.25) is 0 Å². The smallest absolute Gasteiger partial charge is 0.123 e. The molecule has 1 aromatic heterocycles. The number of hydrogen-bond donors (Lipinski definition) is 3. The number of methoxy groups -OCH3 is 1. The summed E-state index contributed by atoms with van der Waals surface area (Å²) in [5.74, 6) is -0.252. The van der Waals surface area contributed by atoms with Gasteiger partial charge in [-0.05, 0) is 66.8 Å². The molecular formula is C26H32FN5O2S. The molecule has 2 fully saturated rings. The molecule has 0 spiro atoms. The van der Waals surface area contributed by atoms with Crippen LogP contribution >= 0.6 is 11.9 Å². The fourth-order valence-corrected chi connectivity index (χ4v) is 6.26. The normalized spacial score (nSPS) is 23.1. The van der Waals surface area contributed by atoms with Crippen LogP contribution in [-0.4, -0.2) is 66.9 Å². The molecule has 186 valence electrons. The zero-order valence-corrected chi connectivity index (χ0v) is 20.7. The number of piperidine rings is 1. The molecule has 3 heterocycles. The molecular weight excluding hydrogens is 465 g/mol. The van der Waals surface area contributed by atoms with E-state index in [1.165, 1.54) is 17.7 Å². The summed E-state index contributed by atoms with van der Waals surface area (Å²) in [7, 11) is 1.76. The predicted molar refractivity (Wildman–Crippen MR) is 138 cm³/mol. The Bertz CT molecular complexity index is 1120. The molecule has 0 radical (unpaired) electrons. The second-order valence-electron chi connectivity index (χ2n) is 9.56. The van der Waals surface area contributed by atoms with Crippen LogP contribution in [0.4, 0.5) is 15.8 Å². The van der Waals surface area contributed by atoms with Gasteiger partial charge in [-0.25, -0.2) is 8.70 Å². The molecule has 9 heteroatoms. The van der Waals surface area contributed by atoms with Crippen LogP contribution in [0.25, 0.3) is 0 Å². The highest BCUT2D eigenvalue weighted by molar-refractivity contribution is 7.97. The van der Waals surface area contributed by atoms with Gasteiger partial charge in [0.05, 0.1) is 24.6 Å². The molecule has 5 rings (SSSR count). The van der Waals surface area contributed by atoms with Crippen LogP contribution in [-0.2, 0) is 4.74 Å². The first-order valence-corrected chi connectivity index (χ1v) is 12.7. The average molecular weight is 498 g/mol. The van der Waals surface area contributed by atoms with Crippen molar-refractivity contribution >= 4 is 23.3 Å². The lowest BCUT2D eigenvalue weighted by atomic mass is 9.69. The molecule has 1 unspecified atom stereocenters. The fraction of sp³-hybridized carbons (Fsp3) is 0.423. The quantitative estimate of drug-likeness (QED) is 0.479. The first-order valence-electron chi connectivity index (χ1n) is 11.9. The van der Waals surface area contributed by atoms with E-state index in [1.807, 2.05) is 12.4 Å². The lowest BCUT2D eigenvalue weighted by Crippen LogP contribution is -2.50. The van der Waals surface area contributed by atoms with Crippen LogP contribution in [0.1, 0.15) is 12.8 Å². The van der Waals surface area contributed by atoms with Crippen LogP contribution in [0.15, 0.2) is 70.5 Å². The van der Waals surface area contributed by atoms with E-state index in [-0.39, 0.29) is 17.3 Å². The van der Waals surface area contributed by atoms with Gasteiger partial charge in [0.1, 0.15) is 5.82 Å². The molecule has 1 atom stereocenters. The Morgan fingerprint density at radius 2 is 2.09 bits per heavy atom. The number of halogens is 1. The van der Waals surface area contributed by atoms with Gasteiger partial charge in [0, 0.05) is 67.7 Å². The largest absolute Gasteiger partial charge is 0.389 e. The number of pyridine rings is 1.